The van der Waals surface area contributed by atoms with E-state index in [2.05, 4.69) is 25.4 Å². The standard InChI is InChI=1S/C18H25N5O2S/c1-11(2)15(20-17(24)13-7-6-10-26-13)18(25)19-12(3)16-22-21-14-8-4-5-9-23(14)16/h6-7,10-12,15H,4-5,8-9H2,1-3H3,(H,19,25)(H,20,24)/t12-,15-/m1/s1. The number of carbonyl (C=O) groups excluding carboxylic acids is 2. The molecule has 0 unspecified atom stereocenters. The summed E-state index contributed by atoms with van der Waals surface area (Å²) >= 11 is 1.36. The molecule has 1 aliphatic rings. The van der Waals surface area contributed by atoms with E-state index in [4.69, 9.17) is 0 Å². The number of carbonyl (C=O) groups is 2. The molecule has 8 heteroatoms. The second-order valence-corrected chi connectivity index (χ2v) is 7.93. The Bertz CT molecular complexity index is 769. The molecule has 2 aromatic rings. The van der Waals surface area contributed by atoms with Crippen LogP contribution < -0.4 is 10.6 Å². The highest BCUT2D eigenvalue weighted by molar-refractivity contribution is 7.12. The molecule has 0 aliphatic carbocycles. The minimum Gasteiger partial charge on any atom is -0.345 e. The van der Waals surface area contributed by atoms with Crippen LogP contribution in [-0.4, -0.2) is 32.6 Å². The molecular formula is C18H25N5O2S. The van der Waals surface area contributed by atoms with E-state index in [1.54, 1.807) is 6.07 Å². The second kappa shape index (κ2) is 7.99. The van der Waals surface area contributed by atoms with Crippen LogP contribution in [0.2, 0.25) is 0 Å². The van der Waals surface area contributed by atoms with E-state index in [-0.39, 0.29) is 23.8 Å². The summed E-state index contributed by atoms with van der Waals surface area (Å²) < 4.78 is 2.10. The quantitative estimate of drug-likeness (QED) is 0.811. The van der Waals surface area contributed by atoms with Crippen molar-refractivity contribution in [2.75, 3.05) is 0 Å². The lowest BCUT2D eigenvalue weighted by molar-refractivity contribution is -0.124. The van der Waals surface area contributed by atoms with Gasteiger partial charge in [0.2, 0.25) is 5.91 Å². The highest BCUT2D eigenvalue weighted by atomic mass is 32.1. The average molecular weight is 375 g/mol. The Balaban J connectivity index is 1.68. The second-order valence-electron chi connectivity index (χ2n) is 6.99. The number of fused-ring (bicyclic) bond motifs is 1. The van der Waals surface area contributed by atoms with Gasteiger partial charge in [0.1, 0.15) is 11.9 Å². The van der Waals surface area contributed by atoms with Gasteiger partial charge < -0.3 is 15.2 Å². The van der Waals surface area contributed by atoms with Gasteiger partial charge in [-0.3, -0.25) is 9.59 Å². The van der Waals surface area contributed by atoms with Crippen LogP contribution in [0.15, 0.2) is 17.5 Å². The Morgan fingerprint density at radius 2 is 2.00 bits per heavy atom. The lowest BCUT2D eigenvalue weighted by Crippen LogP contribution is -2.50. The number of rotatable bonds is 6. The van der Waals surface area contributed by atoms with Crippen LogP contribution in [-0.2, 0) is 17.8 Å². The molecule has 26 heavy (non-hydrogen) atoms. The van der Waals surface area contributed by atoms with Crippen molar-refractivity contribution in [3.8, 4) is 0 Å². The molecule has 0 saturated heterocycles. The van der Waals surface area contributed by atoms with Crippen LogP contribution in [0, 0.1) is 5.92 Å². The normalized spacial score (nSPS) is 16.0. The van der Waals surface area contributed by atoms with Crippen LogP contribution in [0.1, 0.15) is 61.0 Å². The van der Waals surface area contributed by atoms with Crippen LogP contribution in [0.5, 0.6) is 0 Å². The molecule has 0 bridgehead atoms. The van der Waals surface area contributed by atoms with E-state index in [0.29, 0.717) is 4.88 Å². The summed E-state index contributed by atoms with van der Waals surface area (Å²) in [6.07, 6.45) is 3.16. The van der Waals surface area contributed by atoms with E-state index in [1.807, 2.05) is 32.2 Å². The number of hydrogen-bond acceptors (Lipinski definition) is 5. The lowest BCUT2D eigenvalue weighted by Gasteiger charge is -2.24. The molecule has 0 spiro atoms. The zero-order chi connectivity index (χ0) is 18.7. The maximum atomic E-state index is 12.8. The lowest BCUT2D eigenvalue weighted by atomic mass is 10.0. The third-order valence-electron chi connectivity index (χ3n) is 4.61. The number of thiophene rings is 1. The summed E-state index contributed by atoms with van der Waals surface area (Å²) in [4.78, 5) is 25.7. The van der Waals surface area contributed by atoms with E-state index in [1.165, 1.54) is 11.3 Å². The first kappa shape index (κ1) is 18.6. The van der Waals surface area contributed by atoms with E-state index < -0.39 is 6.04 Å². The maximum Gasteiger partial charge on any atom is 0.262 e. The van der Waals surface area contributed by atoms with Crippen LogP contribution in [0.4, 0.5) is 0 Å². The van der Waals surface area contributed by atoms with Gasteiger partial charge in [-0.1, -0.05) is 19.9 Å². The van der Waals surface area contributed by atoms with Crippen molar-refractivity contribution in [2.45, 2.75) is 58.7 Å². The van der Waals surface area contributed by atoms with Crippen molar-refractivity contribution in [1.29, 1.82) is 0 Å². The largest absolute Gasteiger partial charge is 0.345 e. The van der Waals surface area contributed by atoms with Gasteiger partial charge in [-0.2, -0.15) is 0 Å². The summed E-state index contributed by atoms with van der Waals surface area (Å²) in [7, 11) is 0. The summed E-state index contributed by atoms with van der Waals surface area (Å²) in [5.74, 6) is 1.31. The van der Waals surface area contributed by atoms with Gasteiger partial charge in [-0.05, 0) is 37.1 Å². The third-order valence-corrected chi connectivity index (χ3v) is 5.48. The first-order valence-electron chi connectivity index (χ1n) is 9.04. The summed E-state index contributed by atoms with van der Waals surface area (Å²) in [5, 5.41) is 16.2. The monoisotopic (exact) mass is 375 g/mol. The Kier molecular flexibility index (Phi) is 5.70. The fourth-order valence-corrected chi connectivity index (χ4v) is 3.80. The van der Waals surface area contributed by atoms with Gasteiger partial charge in [0.15, 0.2) is 5.82 Å². The van der Waals surface area contributed by atoms with Gasteiger partial charge in [0.25, 0.3) is 5.91 Å². The van der Waals surface area contributed by atoms with Crippen LogP contribution in [0.3, 0.4) is 0 Å². The SMILES string of the molecule is CC(C)[C@@H](NC(=O)c1cccs1)C(=O)N[C@H](C)c1nnc2n1CCCC2. The molecule has 0 aromatic carbocycles. The number of amides is 2. The fraction of sp³-hybridized carbons (Fsp3) is 0.556. The number of nitrogens with zero attached hydrogens (tertiary/aromatic N) is 3. The van der Waals surface area contributed by atoms with Crippen molar-refractivity contribution in [3.63, 3.8) is 0 Å². The van der Waals surface area contributed by atoms with Gasteiger partial charge >= 0.3 is 0 Å². The minimum absolute atomic E-state index is 0.0292. The first-order valence-corrected chi connectivity index (χ1v) is 9.92. The van der Waals surface area contributed by atoms with Gasteiger partial charge in [-0.15, -0.1) is 21.5 Å². The fourth-order valence-electron chi connectivity index (χ4n) is 3.17. The van der Waals surface area contributed by atoms with Crippen molar-refractivity contribution in [3.05, 3.63) is 34.0 Å². The predicted molar refractivity (Wildman–Crippen MR) is 99.9 cm³/mol. The molecule has 140 valence electrons. The van der Waals surface area contributed by atoms with E-state index in [9.17, 15) is 9.59 Å². The van der Waals surface area contributed by atoms with E-state index >= 15 is 0 Å². The predicted octanol–water partition coefficient (Wildman–Crippen LogP) is 2.31. The minimum atomic E-state index is -0.601. The topological polar surface area (TPSA) is 88.9 Å². The number of aromatic nitrogens is 3. The molecule has 2 N–H and O–H groups in total. The van der Waals surface area contributed by atoms with Crippen molar-refractivity contribution >= 4 is 23.2 Å². The molecule has 0 fully saturated rings. The zero-order valence-corrected chi connectivity index (χ0v) is 16.2. The van der Waals surface area contributed by atoms with Gasteiger partial charge in [-0.25, -0.2) is 0 Å². The Hall–Kier alpha value is -2.22. The van der Waals surface area contributed by atoms with Gasteiger partial charge in [0.05, 0.1) is 10.9 Å². The molecule has 3 heterocycles. The van der Waals surface area contributed by atoms with Crippen LogP contribution in [0.25, 0.3) is 0 Å². The first-order chi connectivity index (χ1) is 12.5. The third kappa shape index (κ3) is 3.95. The van der Waals surface area contributed by atoms with Crippen molar-refractivity contribution < 1.29 is 9.59 Å². The zero-order valence-electron chi connectivity index (χ0n) is 15.4. The molecule has 2 amide bonds. The maximum absolute atomic E-state index is 12.8. The smallest absolute Gasteiger partial charge is 0.262 e. The molecule has 3 rings (SSSR count). The van der Waals surface area contributed by atoms with Crippen LogP contribution >= 0.6 is 11.3 Å². The molecule has 2 aromatic heterocycles. The Morgan fingerprint density at radius 1 is 1.19 bits per heavy atom. The van der Waals surface area contributed by atoms with Crippen molar-refractivity contribution in [1.82, 2.24) is 25.4 Å². The average Bonchev–Trinajstić information content (AvgIpc) is 3.28. The molecular weight excluding hydrogens is 350 g/mol. The molecule has 0 radical (unpaired) electrons. The number of hydrogen-bond donors (Lipinski definition) is 2. The molecule has 7 nitrogen and oxygen atoms in total. The highest BCUT2D eigenvalue weighted by Gasteiger charge is 2.28. The van der Waals surface area contributed by atoms with Crippen molar-refractivity contribution in [2.24, 2.45) is 5.92 Å². The summed E-state index contributed by atoms with van der Waals surface area (Å²) in [6, 6.07) is 2.71. The Morgan fingerprint density at radius 3 is 2.69 bits per heavy atom. The Labute approximate surface area is 157 Å². The number of nitrogens with one attached hydrogen (secondary N) is 2. The summed E-state index contributed by atoms with van der Waals surface area (Å²) in [5.41, 5.74) is 0. The highest BCUT2D eigenvalue weighted by Crippen LogP contribution is 2.19. The molecule has 0 saturated carbocycles. The molecule has 1 aliphatic heterocycles. The molecule has 2 atom stereocenters. The number of aryl methyl sites for hydroxylation is 1. The van der Waals surface area contributed by atoms with Gasteiger partial charge in [0, 0.05) is 13.0 Å². The summed E-state index contributed by atoms with van der Waals surface area (Å²) in [6.45, 7) is 6.63. The van der Waals surface area contributed by atoms with E-state index in [0.717, 1.165) is 37.5 Å².